The van der Waals surface area contributed by atoms with Crippen LogP contribution < -0.4 is 5.32 Å². The minimum atomic E-state index is -0.154. The van der Waals surface area contributed by atoms with Gasteiger partial charge in [-0.3, -0.25) is 9.78 Å². The van der Waals surface area contributed by atoms with E-state index in [4.69, 9.17) is 23.2 Å². The molecule has 1 aliphatic rings. The molecular weight excluding hydrogens is 483 g/mol. The third kappa shape index (κ3) is 4.95. The number of thiophene rings is 1. The van der Waals surface area contributed by atoms with E-state index < -0.39 is 0 Å². The summed E-state index contributed by atoms with van der Waals surface area (Å²) in [5.74, 6) is -0.154. The van der Waals surface area contributed by atoms with Crippen LogP contribution in [0.4, 0.5) is 0 Å². The van der Waals surface area contributed by atoms with Gasteiger partial charge in [0.1, 0.15) is 10.9 Å². The summed E-state index contributed by atoms with van der Waals surface area (Å²) in [7, 11) is 2.09. The van der Waals surface area contributed by atoms with Crippen LogP contribution in [0.3, 0.4) is 0 Å². The third-order valence-corrected chi connectivity index (χ3v) is 8.63. The van der Waals surface area contributed by atoms with Gasteiger partial charge in [-0.1, -0.05) is 65.3 Å². The fraction of sp³-hybridized carbons (Fsp3) is 0.261. The number of aromatic nitrogens is 1. The van der Waals surface area contributed by atoms with Crippen LogP contribution >= 0.6 is 46.3 Å². The lowest BCUT2D eigenvalue weighted by Gasteiger charge is -2.29. The number of nitrogens with one attached hydrogen (secondary N) is 1. The highest BCUT2D eigenvalue weighted by molar-refractivity contribution is 8.01. The number of carbonyl (C=O) groups excluding carboxylic acids is 1. The molecule has 1 fully saturated rings. The van der Waals surface area contributed by atoms with Crippen LogP contribution in [0.5, 0.6) is 0 Å². The van der Waals surface area contributed by atoms with Crippen LogP contribution in [-0.4, -0.2) is 42.0 Å². The molecule has 5 nitrogen and oxygen atoms in total. The SMILES string of the molecule is CN1CCC(NC(=O)c2sc(Sc3c(Cl)cncc3Cl)c(C#N)c2-c2ccccc2)CC1. The summed E-state index contributed by atoms with van der Waals surface area (Å²) >= 11 is 15.2. The molecule has 1 N–H and O–H groups in total. The quantitative estimate of drug-likeness (QED) is 0.465. The highest BCUT2D eigenvalue weighted by Crippen LogP contribution is 2.47. The van der Waals surface area contributed by atoms with Crippen molar-refractivity contribution in [2.75, 3.05) is 20.1 Å². The van der Waals surface area contributed by atoms with Gasteiger partial charge in [-0.2, -0.15) is 5.26 Å². The zero-order valence-electron chi connectivity index (χ0n) is 17.3. The molecule has 2 aromatic heterocycles. The number of amides is 1. The Labute approximate surface area is 205 Å². The molecule has 1 saturated heterocycles. The molecular formula is C23H20Cl2N4OS2. The summed E-state index contributed by atoms with van der Waals surface area (Å²) in [5.41, 5.74) is 1.92. The van der Waals surface area contributed by atoms with E-state index in [1.807, 2.05) is 30.3 Å². The molecule has 4 rings (SSSR count). The minimum Gasteiger partial charge on any atom is -0.348 e. The van der Waals surface area contributed by atoms with Gasteiger partial charge in [-0.15, -0.1) is 11.3 Å². The van der Waals surface area contributed by atoms with Gasteiger partial charge < -0.3 is 10.2 Å². The van der Waals surface area contributed by atoms with Gasteiger partial charge in [0.25, 0.3) is 5.91 Å². The van der Waals surface area contributed by atoms with E-state index in [-0.39, 0.29) is 11.9 Å². The number of nitrogens with zero attached hydrogens (tertiary/aromatic N) is 3. The standard InChI is InChI=1S/C23H20Cl2N4OS2/c1-29-9-7-15(8-10-29)28-22(30)21-19(14-5-3-2-4-6-14)16(11-26)23(32-21)31-20-17(24)12-27-13-18(20)25/h2-6,12-13,15H,7-10H2,1H3,(H,28,30). The number of likely N-dealkylation sites (tertiary alicyclic amines) is 1. The fourth-order valence-electron chi connectivity index (χ4n) is 3.62. The summed E-state index contributed by atoms with van der Waals surface area (Å²) in [6.07, 6.45) is 4.84. The summed E-state index contributed by atoms with van der Waals surface area (Å²) in [4.78, 5) is 20.7. The van der Waals surface area contributed by atoms with Gasteiger partial charge >= 0.3 is 0 Å². The van der Waals surface area contributed by atoms with E-state index in [0.29, 0.717) is 35.2 Å². The molecule has 1 aromatic carbocycles. The number of benzene rings is 1. The number of rotatable bonds is 5. The molecule has 3 heterocycles. The summed E-state index contributed by atoms with van der Waals surface area (Å²) < 4.78 is 0.676. The first-order valence-corrected chi connectivity index (χ1v) is 12.5. The van der Waals surface area contributed by atoms with Gasteiger partial charge in [0, 0.05) is 24.0 Å². The Morgan fingerprint density at radius 1 is 1.22 bits per heavy atom. The maximum atomic E-state index is 13.4. The monoisotopic (exact) mass is 502 g/mol. The molecule has 0 spiro atoms. The Balaban J connectivity index is 1.75. The summed E-state index contributed by atoms with van der Waals surface area (Å²) in [5, 5.41) is 14.0. The number of nitriles is 1. The minimum absolute atomic E-state index is 0.121. The Morgan fingerprint density at radius 2 is 1.88 bits per heavy atom. The van der Waals surface area contributed by atoms with Crippen LogP contribution in [0.1, 0.15) is 28.1 Å². The van der Waals surface area contributed by atoms with Crippen molar-refractivity contribution in [2.24, 2.45) is 0 Å². The molecule has 0 atom stereocenters. The smallest absolute Gasteiger partial charge is 0.262 e. The third-order valence-electron chi connectivity index (χ3n) is 5.31. The van der Waals surface area contributed by atoms with E-state index in [0.717, 1.165) is 31.5 Å². The first-order valence-electron chi connectivity index (χ1n) is 10.1. The lowest BCUT2D eigenvalue weighted by atomic mass is 10.0. The maximum Gasteiger partial charge on any atom is 0.262 e. The molecule has 3 aromatic rings. The predicted molar refractivity (Wildman–Crippen MR) is 131 cm³/mol. The number of carbonyl (C=O) groups is 1. The molecule has 0 saturated carbocycles. The van der Waals surface area contributed by atoms with Gasteiger partial charge in [0.05, 0.1) is 24.7 Å². The highest BCUT2D eigenvalue weighted by Gasteiger charge is 2.27. The van der Waals surface area contributed by atoms with E-state index in [2.05, 4.69) is 28.3 Å². The molecule has 0 unspecified atom stereocenters. The summed E-state index contributed by atoms with van der Waals surface area (Å²) in [6, 6.07) is 12.0. The summed E-state index contributed by atoms with van der Waals surface area (Å²) in [6.45, 7) is 1.90. The lowest BCUT2D eigenvalue weighted by Crippen LogP contribution is -2.43. The predicted octanol–water partition coefficient (Wildman–Crippen LogP) is 5.96. The molecule has 1 aliphatic heterocycles. The van der Waals surface area contributed by atoms with Crippen molar-refractivity contribution in [1.82, 2.24) is 15.2 Å². The lowest BCUT2D eigenvalue weighted by molar-refractivity contribution is 0.0921. The molecule has 32 heavy (non-hydrogen) atoms. The van der Waals surface area contributed by atoms with Crippen LogP contribution in [0.15, 0.2) is 51.8 Å². The zero-order chi connectivity index (χ0) is 22.7. The Bertz CT molecular complexity index is 1150. The van der Waals surface area contributed by atoms with Gasteiger partial charge in [-0.25, -0.2) is 0 Å². The van der Waals surface area contributed by atoms with E-state index in [1.54, 1.807) is 0 Å². The topological polar surface area (TPSA) is 69.0 Å². The van der Waals surface area contributed by atoms with Crippen LogP contribution in [0.2, 0.25) is 10.0 Å². The van der Waals surface area contributed by atoms with Crippen molar-refractivity contribution in [1.29, 1.82) is 5.26 Å². The van der Waals surface area contributed by atoms with Gasteiger partial charge in [0.15, 0.2) is 0 Å². The average Bonchev–Trinajstić information content (AvgIpc) is 3.17. The van der Waals surface area contributed by atoms with Crippen molar-refractivity contribution in [3.63, 3.8) is 0 Å². The Kier molecular flexibility index (Phi) is 7.39. The van der Waals surface area contributed by atoms with Crippen molar-refractivity contribution < 1.29 is 4.79 Å². The molecule has 164 valence electrons. The van der Waals surface area contributed by atoms with Crippen molar-refractivity contribution in [3.05, 3.63) is 63.2 Å². The second-order valence-corrected chi connectivity index (χ2v) is 10.6. The van der Waals surface area contributed by atoms with Crippen molar-refractivity contribution >= 4 is 52.2 Å². The number of piperidine rings is 1. The first-order chi connectivity index (χ1) is 15.5. The normalized spacial score (nSPS) is 14.8. The Morgan fingerprint density at radius 3 is 2.50 bits per heavy atom. The van der Waals surface area contributed by atoms with Gasteiger partial charge in [0.2, 0.25) is 0 Å². The largest absolute Gasteiger partial charge is 0.348 e. The number of pyridine rings is 1. The molecule has 0 aliphatic carbocycles. The molecule has 1 amide bonds. The molecule has 0 radical (unpaired) electrons. The number of hydrogen-bond donors (Lipinski definition) is 1. The molecule has 0 bridgehead atoms. The van der Waals surface area contributed by atoms with Crippen LogP contribution in [0, 0.1) is 11.3 Å². The van der Waals surface area contributed by atoms with E-state index in [1.165, 1.54) is 35.5 Å². The van der Waals surface area contributed by atoms with Crippen LogP contribution in [-0.2, 0) is 0 Å². The maximum absolute atomic E-state index is 13.4. The van der Waals surface area contributed by atoms with Crippen molar-refractivity contribution in [3.8, 4) is 17.2 Å². The second-order valence-electron chi connectivity index (χ2n) is 7.53. The second kappa shape index (κ2) is 10.2. The zero-order valence-corrected chi connectivity index (χ0v) is 20.4. The highest BCUT2D eigenvalue weighted by atomic mass is 35.5. The van der Waals surface area contributed by atoms with E-state index in [9.17, 15) is 10.1 Å². The van der Waals surface area contributed by atoms with Crippen molar-refractivity contribution in [2.45, 2.75) is 28.0 Å². The first kappa shape index (κ1) is 23.1. The van der Waals surface area contributed by atoms with E-state index >= 15 is 0 Å². The Hall–Kier alpha value is -2.08. The average molecular weight is 503 g/mol. The number of halogens is 2. The molecule has 9 heteroatoms. The fourth-order valence-corrected chi connectivity index (χ4v) is 6.52. The van der Waals surface area contributed by atoms with Crippen LogP contribution in [0.25, 0.3) is 11.1 Å². The van der Waals surface area contributed by atoms with Gasteiger partial charge in [-0.05, 0) is 38.5 Å². The number of hydrogen-bond acceptors (Lipinski definition) is 6.